The van der Waals surface area contributed by atoms with Crippen LogP contribution in [0.4, 0.5) is 0 Å². The number of nitrogens with zero attached hydrogens (tertiary/aromatic N) is 1. The molecule has 0 aromatic carbocycles. The monoisotopic (exact) mass is 238 g/mol. The Morgan fingerprint density at radius 2 is 2.12 bits per heavy atom. The molecule has 1 aromatic heterocycles. The van der Waals surface area contributed by atoms with Gasteiger partial charge in [0, 0.05) is 18.2 Å². The topological polar surface area (TPSA) is 81.2 Å². The molecule has 6 nitrogen and oxygen atoms in total. The lowest BCUT2D eigenvalue weighted by molar-refractivity contribution is -0.128. The standard InChI is InChI=1S/C11H14N2O4/c1-3-7-6(2)9(15)10(17-7)13-5-4-8(14)12-11(13)16/h4-7,10H,3H2,1-2H3,(H,12,14,16)/t6-,7+,10+/m0/s1. The van der Waals surface area contributed by atoms with E-state index >= 15 is 0 Å². The summed E-state index contributed by atoms with van der Waals surface area (Å²) in [4.78, 5) is 36.5. The summed E-state index contributed by atoms with van der Waals surface area (Å²) >= 11 is 0. The van der Waals surface area contributed by atoms with Crippen LogP contribution in [0.5, 0.6) is 0 Å². The molecule has 1 aromatic rings. The van der Waals surface area contributed by atoms with Gasteiger partial charge in [-0.2, -0.15) is 0 Å². The summed E-state index contributed by atoms with van der Waals surface area (Å²) < 4.78 is 6.65. The third-order valence-corrected chi connectivity index (χ3v) is 3.06. The molecule has 0 saturated carbocycles. The number of Topliss-reactive ketones (excluding diaryl/α,β-unsaturated/α-hetero) is 1. The predicted molar refractivity (Wildman–Crippen MR) is 59.7 cm³/mol. The molecule has 0 spiro atoms. The van der Waals surface area contributed by atoms with Crippen LogP contribution in [0.15, 0.2) is 21.9 Å². The molecule has 0 amide bonds. The van der Waals surface area contributed by atoms with Gasteiger partial charge in [-0.25, -0.2) is 4.79 Å². The Hall–Kier alpha value is -1.69. The Balaban J connectivity index is 2.39. The first-order valence-corrected chi connectivity index (χ1v) is 5.55. The molecule has 92 valence electrons. The van der Waals surface area contributed by atoms with Crippen LogP contribution in [-0.4, -0.2) is 21.4 Å². The van der Waals surface area contributed by atoms with Gasteiger partial charge in [-0.1, -0.05) is 13.8 Å². The first-order valence-electron chi connectivity index (χ1n) is 5.55. The molecule has 0 bridgehead atoms. The number of H-pyrrole nitrogens is 1. The molecule has 1 aliphatic rings. The van der Waals surface area contributed by atoms with Gasteiger partial charge in [0.1, 0.15) is 0 Å². The highest BCUT2D eigenvalue weighted by Crippen LogP contribution is 2.30. The SMILES string of the molecule is CC[C@H]1O[C@@H](n2ccc(=O)[nH]c2=O)C(=O)[C@H]1C. The fourth-order valence-electron chi connectivity index (χ4n) is 2.02. The number of carbonyl (C=O) groups excluding carboxylic acids is 1. The number of hydrogen-bond donors (Lipinski definition) is 1. The van der Waals surface area contributed by atoms with Gasteiger partial charge in [-0.05, 0) is 6.42 Å². The molecular weight excluding hydrogens is 224 g/mol. The zero-order chi connectivity index (χ0) is 12.6. The summed E-state index contributed by atoms with van der Waals surface area (Å²) in [6.07, 6.45) is 0.904. The van der Waals surface area contributed by atoms with Crippen molar-refractivity contribution < 1.29 is 9.53 Å². The molecule has 6 heteroatoms. The molecular formula is C11H14N2O4. The van der Waals surface area contributed by atoms with E-state index in [1.54, 1.807) is 6.92 Å². The maximum atomic E-state index is 11.9. The Bertz CT molecular complexity index is 545. The predicted octanol–water partition coefficient (Wildman–Crippen LogP) is 0.0492. The van der Waals surface area contributed by atoms with Gasteiger partial charge < -0.3 is 4.74 Å². The first-order chi connectivity index (χ1) is 8.04. The number of aromatic amines is 1. The van der Waals surface area contributed by atoms with Gasteiger partial charge in [-0.15, -0.1) is 0 Å². The van der Waals surface area contributed by atoms with Gasteiger partial charge >= 0.3 is 5.69 Å². The number of rotatable bonds is 2. The van der Waals surface area contributed by atoms with Gasteiger partial charge in [0.25, 0.3) is 5.56 Å². The highest BCUT2D eigenvalue weighted by atomic mass is 16.5. The van der Waals surface area contributed by atoms with Crippen molar-refractivity contribution in [1.82, 2.24) is 9.55 Å². The summed E-state index contributed by atoms with van der Waals surface area (Å²) in [6, 6.07) is 1.20. The van der Waals surface area contributed by atoms with Crippen LogP contribution in [0, 0.1) is 5.92 Å². The molecule has 1 aliphatic heterocycles. The zero-order valence-corrected chi connectivity index (χ0v) is 9.67. The van der Waals surface area contributed by atoms with Crippen LogP contribution in [0.2, 0.25) is 0 Å². The van der Waals surface area contributed by atoms with Crippen molar-refractivity contribution >= 4 is 5.78 Å². The Labute approximate surface area is 97.2 Å². The minimum absolute atomic E-state index is 0.133. The van der Waals surface area contributed by atoms with Crippen molar-refractivity contribution in [2.45, 2.75) is 32.6 Å². The van der Waals surface area contributed by atoms with E-state index in [-0.39, 0.29) is 17.8 Å². The highest BCUT2D eigenvalue weighted by Gasteiger charge is 2.40. The number of ether oxygens (including phenoxy) is 1. The minimum atomic E-state index is -0.917. The van der Waals surface area contributed by atoms with E-state index < -0.39 is 17.5 Å². The molecule has 2 heterocycles. The second-order valence-electron chi connectivity index (χ2n) is 4.14. The largest absolute Gasteiger partial charge is 0.346 e. The third-order valence-electron chi connectivity index (χ3n) is 3.06. The van der Waals surface area contributed by atoms with Crippen molar-refractivity contribution in [3.8, 4) is 0 Å². The van der Waals surface area contributed by atoms with Crippen molar-refractivity contribution in [1.29, 1.82) is 0 Å². The average Bonchev–Trinajstić information content (AvgIpc) is 2.57. The minimum Gasteiger partial charge on any atom is -0.346 e. The van der Waals surface area contributed by atoms with E-state index in [1.165, 1.54) is 12.3 Å². The number of ketones is 1. The van der Waals surface area contributed by atoms with Crippen LogP contribution in [0.3, 0.4) is 0 Å². The van der Waals surface area contributed by atoms with Crippen LogP contribution >= 0.6 is 0 Å². The molecule has 3 atom stereocenters. The fourth-order valence-corrected chi connectivity index (χ4v) is 2.02. The maximum Gasteiger partial charge on any atom is 0.330 e. The van der Waals surface area contributed by atoms with E-state index in [0.29, 0.717) is 6.42 Å². The smallest absolute Gasteiger partial charge is 0.330 e. The number of nitrogens with one attached hydrogen (secondary N) is 1. The lowest BCUT2D eigenvalue weighted by Crippen LogP contribution is -2.34. The lowest BCUT2D eigenvalue weighted by Gasteiger charge is -2.12. The molecule has 0 aliphatic carbocycles. The van der Waals surface area contributed by atoms with Crippen molar-refractivity contribution in [3.63, 3.8) is 0 Å². The van der Waals surface area contributed by atoms with Gasteiger partial charge in [0.15, 0.2) is 12.0 Å². The van der Waals surface area contributed by atoms with E-state index in [0.717, 1.165) is 4.57 Å². The summed E-state index contributed by atoms with van der Waals surface area (Å²) in [6.45, 7) is 3.71. The highest BCUT2D eigenvalue weighted by molar-refractivity contribution is 5.85. The Kier molecular flexibility index (Phi) is 2.97. The average molecular weight is 238 g/mol. The third kappa shape index (κ3) is 1.95. The molecule has 0 radical (unpaired) electrons. The normalized spacial score (nSPS) is 28.6. The van der Waals surface area contributed by atoms with Crippen molar-refractivity contribution in [3.05, 3.63) is 33.1 Å². The second-order valence-corrected chi connectivity index (χ2v) is 4.14. The van der Waals surface area contributed by atoms with Crippen LogP contribution < -0.4 is 11.2 Å². The Morgan fingerprint density at radius 3 is 2.65 bits per heavy atom. The molecule has 1 saturated heterocycles. The summed E-state index contributed by atoms with van der Waals surface area (Å²) in [7, 11) is 0. The van der Waals surface area contributed by atoms with Crippen molar-refractivity contribution in [2.24, 2.45) is 5.92 Å². The maximum absolute atomic E-state index is 11.9. The van der Waals surface area contributed by atoms with Gasteiger partial charge in [0.05, 0.1) is 6.10 Å². The molecule has 2 rings (SSSR count). The summed E-state index contributed by atoms with van der Waals surface area (Å²) in [5.74, 6) is -0.366. The van der Waals surface area contributed by atoms with Crippen LogP contribution in [0.25, 0.3) is 0 Å². The van der Waals surface area contributed by atoms with E-state index in [4.69, 9.17) is 4.74 Å². The second kappa shape index (κ2) is 4.29. The fraction of sp³-hybridized carbons (Fsp3) is 0.545. The molecule has 1 N–H and O–H groups in total. The molecule has 0 unspecified atom stereocenters. The number of carbonyl (C=O) groups is 1. The molecule has 1 fully saturated rings. The van der Waals surface area contributed by atoms with E-state index in [2.05, 4.69) is 4.98 Å². The van der Waals surface area contributed by atoms with Crippen LogP contribution in [-0.2, 0) is 9.53 Å². The zero-order valence-electron chi connectivity index (χ0n) is 9.67. The van der Waals surface area contributed by atoms with Crippen molar-refractivity contribution in [2.75, 3.05) is 0 Å². The Morgan fingerprint density at radius 1 is 1.41 bits per heavy atom. The number of hydrogen-bond acceptors (Lipinski definition) is 4. The van der Waals surface area contributed by atoms with Gasteiger partial charge in [0.2, 0.25) is 0 Å². The van der Waals surface area contributed by atoms with Gasteiger partial charge in [-0.3, -0.25) is 19.1 Å². The quantitative estimate of drug-likeness (QED) is 0.789. The lowest BCUT2D eigenvalue weighted by atomic mass is 10.0. The van der Waals surface area contributed by atoms with Crippen LogP contribution in [0.1, 0.15) is 26.5 Å². The van der Waals surface area contributed by atoms with E-state index in [9.17, 15) is 14.4 Å². The van der Waals surface area contributed by atoms with E-state index in [1.807, 2.05) is 6.92 Å². The first kappa shape index (κ1) is 11.8. The molecule has 17 heavy (non-hydrogen) atoms. The summed E-state index contributed by atoms with van der Waals surface area (Å²) in [5, 5.41) is 0. The summed E-state index contributed by atoms with van der Waals surface area (Å²) in [5.41, 5.74) is -1.11. The number of aromatic nitrogens is 2.